The number of anilines is 1. The van der Waals surface area contributed by atoms with E-state index in [1.165, 1.54) is 6.07 Å². The van der Waals surface area contributed by atoms with Gasteiger partial charge in [0.2, 0.25) is 0 Å². The Kier molecular flexibility index (Phi) is 5.02. The van der Waals surface area contributed by atoms with Crippen molar-refractivity contribution in [2.75, 3.05) is 18.4 Å². The van der Waals surface area contributed by atoms with Gasteiger partial charge in [-0.25, -0.2) is 0 Å². The predicted octanol–water partition coefficient (Wildman–Crippen LogP) is 3.39. The summed E-state index contributed by atoms with van der Waals surface area (Å²) >= 11 is 3.10. The summed E-state index contributed by atoms with van der Waals surface area (Å²) in [6, 6.07) is 3.48. The summed E-state index contributed by atoms with van der Waals surface area (Å²) in [5, 5.41) is 2.97. The first-order valence-electron chi connectivity index (χ1n) is 4.91. The fourth-order valence-corrected chi connectivity index (χ4v) is 1.70. The standard InChI is InChI=1S/C11H12BrF3N2/c12-9-7-8(11(13,14)15)3-4-10(9)17-6-2-1-5-16/h1-4,7,17H,5-6,16H2/b2-1+. The molecule has 0 aliphatic rings. The number of alkyl halides is 3. The van der Waals surface area contributed by atoms with Crippen molar-refractivity contribution in [3.63, 3.8) is 0 Å². The first-order chi connectivity index (χ1) is 7.95. The molecule has 2 nitrogen and oxygen atoms in total. The van der Waals surface area contributed by atoms with Crippen LogP contribution in [0.4, 0.5) is 18.9 Å². The molecule has 0 spiro atoms. The average molecular weight is 309 g/mol. The van der Waals surface area contributed by atoms with E-state index < -0.39 is 11.7 Å². The fourth-order valence-electron chi connectivity index (χ4n) is 1.18. The van der Waals surface area contributed by atoms with Crippen LogP contribution >= 0.6 is 15.9 Å². The van der Waals surface area contributed by atoms with E-state index in [1.807, 2.05) is 6.08 Å². The van der Waals surface area contributed by atoms with Gasteiger partial charge in [-0.3, -0.25) is 0 Å². The highest BCUT2D eigenvalue weighted by molar-refractivity contribution is 9.10. The minimum absolute atomic E-state index is 0.383. The van der Waals surface area contributed by atoms with Crippen LogP contribution in [0, 0.1) is 0 Å². The molecule has 0 fully saturated rings. The van der Waals surface area contributed by atoms with Gasteiger partial charge in [0.15, 0.2) is 0 Å². The number of rotatable bonds is 4. The zero-order chi connectivity index (χ0) is 12.9. The van der Waals surface area contributed by atoms with Crippen LogP contribution in [-0.2, 0) is 6.18 Å². The largest absolute Gasteiger partial charge is 0.416 e. The SMILES string of the molecule is NC/C=C/CNc1ccc(C(F)(F)F)cc1Br. The summed E-state index contributed by atoms with van der Waals surface area (Å²) in [6.07, 6.45) is -0.740. The summed E-state index contributed by atoms with van der Waals surface area (Å²) in [5.41, 5.74) is 5.19. The highest BCUT2D eigenvalue weighted by Gasteiger charge is 2.30. The lowest BCUT2D eigenvalue weighted by Crippen LogP contribution is -2.06. The molecule has 0 aromatic heterocycles. The quantitative estimate of drug-likeness (QED) is 0.837. The van der Waals surface area contributed by atoms with Crippen molar-refractivity contribution in [1.29, 1.82) is 0 Å². The third kappa shape index (κ3) is 4.40. The molecular formula is C11H12BrF3N2. The predicted molar refractivity (Wildman–Crippen MR) is 65.8 cm³/mol. The van der Waals surface area contributed by atoms with Crippen LogP contribution in [0.25, 0.3) is 0 Å². The van der Waals surface area contributed by atoms with Gasteiger partial charge in [0.1, 0.15) is 0 Å². The molecule has 0 saturated carbocycles. The van der Waals surface area contributed by atoms with E-state index in [0.29, 0.717) is 23.2 Å². The molecule has 0 heterocycles. The van der Waals surface area contributed by atoms with Gasteiger partial charge in [-0.05, 0) is 34.1 Å². The van der Waals surface area contributed by atoms with Gasteiger partial charge < -0.3 is 11.1 Å². The van der Waals surface area contributed by atoms with Crippen molar-refractivity contribution < 1.29 is 13.2 Å². The van der Waals surface area contributed by atoms with E-state index in [2.05, 4.69) is 21.2 Å². The number of benzene rings is 1. The van der Waals surface area contributed by atoms with E-state index >= 15 is 0 Å². The van der Waals surface area contributed by atoms with Crippen LogP contribution in [-0.4, -0.2) is 13.1 Å². The highest BCUT2D eigenvalue weighted by Crippen LogP contribution is 2.33. The molecule has 6 heteroatoms. The third-order valence-corrected chi connectivity index (χ3v) is 2.67. The summed E-state index contributed by atoms with van der Waals surface area (Å²) in [4.78, 5) is 0. The van der Waals surface area contributed by atoms with Gasteiger partial charge in [-0.15, -0.1) is 0 Å². The Labute approximate surface area is 106 Å². The molecule has 0 amide bonds. The Morgan fingerprint density at radius 3 is 2.53 bits per heavy atom. The van der Waals surface area contributed by atoms with Gasteiger partial charge in [-0.2, -0.15) is 13.2 Å². The van der Waals surface area contributed by atoms with Gasteiger partial charge >= 0.3 is 6.18 Å². The number of hydrogen-bond donors (Lipinski definition) is 2. The van der Waals surface area contributed by atoms with Crippen molar-refractivity contribution in [1.82, 2.24) is 0 Å². The van der Waals surface area contributed by atoms with Crippen LogP contribution in [0.1, 0.15) is 5.56 Å². The number of hydrogen-bond acceptors (Lipinski definition) is 2. The maximum absolute atomic E-state index is 12.4. The maximum Gasteiger partial charge on any atom is 0.416 e. The van der Waals surface area contributed by atoms with Gasteiger partial charge in [0.05, 0.1) is 5.56 Å². The van der Waals surface area contributed by atoms with Crippen LogP contribution in [0.15, 0.2) is 34.8 Å². The summed E-state index contributed by atoms with van der Waals surface area (Å²) in [7, 11) is 0. The molecule has 0 aliphatic heterocycles. The number of nitrogens with two attached hydrogens (primary N) is 1. The fraction of sp³-hybridized carbons (Fsp3) is 0.273. The summed E-state index contributed by atoms with van der Waals surface area (Å²) in [5.74, 6) is 0. The second-order valence-corrected chi connectivity index (χ2v) is 4.13. The number of halogens is 4. The van der Waals surface area contributed by atoms with Crippen molar-refractivity contribution in [2.24, 2.45) is 5.73 Å². The zero-order valence-corrected chi connectivity index (χ0v) is 10.5. The van der Waals surface area contributed by atoms with Crippen LogP contribution in [0.3, 0.4) is 0 Å². The van der Waals surface area contributed by atoms with Crippen LogP contribution < -0.4 is 11.1 Å². The highest BCUT2D eigenvalue weighted by atomic mass is 79.9. The lowest BCUT2D eigenvalue weighted by molar-refractivity contribution is -0.137. The van der Waals surface area contributed by atoms with Crippen LogP contribution in [0.5, 0.6) is 0 Å². The van der Waals surface area contributed by atoms with Crippen molar-refractivity contribution >= 4 is 21.6 Å². The van der Waals surface area contributed by atoms with E-state index in [9.17, 15) is 13.2 Å². The molecule has 0 radical (unpaired) electrons. The molecule has 3 N–H and O–H groups in total. The Morgan fingerprint density at radius 2 is 2.00 bits per heavy atom. The molecule has 0 saturated heterocycles. The Morgan fingerprint density at radius 1 is 1.29 bits per heavy atom. The van der Waals surface area contributed by atoms with Crippen LogP contribution in [0.2, 0.25) is 0 Å². The second kappa shape index (κ2) is 6.07. The Hall–Kier alpha value is -1.01. The van der Waals surface area contributed by atoms with Gasteiger partial charge in [0.25, 0.3) is 0 Å². The minimum atomic E-state index is -4.32. The molecule has 0 atom stereocenters. The first-order valence-corrected chi connectivity index (χ1v) is 5.70. The molecular weight excluding hydrogens is 297 g/mol. The molecule has 17 heavy (non-hydrogen) atoms. The van der Waals surface area contributed by atoms with Crippen molar-refractivity contribution in [2.45, 2.75) is 6.18 Å². The van der Waals surface area contributed by atoms with Crippen molar-refractivity contribution in [3.05, 3.63) is 40.4 Å². The molecule has 0 aliphatic carbocycles. The molecule has 94 valence electrons. The summed E-state index contributed by atoms with van der Waals surface area (Å²) in [6.45, 7) is 0.955. The normalized spacial score (nSPS) is 12.1. The zero-order valence-electron chi connectivity index (χ0n) is 8.89. The maximum atomic E-state index is 12.4. The lowest BCUT2D eigenvalue weighted by Gasteiger charge is -2.10. The topological polar surface area (TPSA) is 38.0 Å². The van der Waals surface area contributed by atoms with E-state index in [1.54, 1.807) is 6.08 Å². The molecule has 0 unspecified atom stereocenters. The molecule has 1 aromatic rings. The molecule has 1 aromatic carbocycles. The van der Waals surface area contributed by atoms with E-state index in [-0.39, 0.29) is 0 Å². The first kappa shape index (κ1) is 14.1. The summed E-state index contributed by atoms with van der Waals surface area (Å²) < 4.78 is 37.5. The molecule has 0 bridgehead atoms. The minimum Gasteiger partial charge on any atom is -0.381 e. The van der Waals surface area contributed by atoms with Gasteiger partial charge in [-0.1, -0.05) is 12.2 Å². The third-order valence-electron chi connectivity index (χ3n) is 2.01. The van der Waals surface area contributed by atoms with E-state index in [0.717, 1.165) is 12.1 Å². The lowest BCUT2D eigenvalue weighted by atomic mass is 10.2. The second-order valence-electron chi connectivity index (χ2n) is 3.28. The monoisotopic (exact) mass is 308 g/mol. The average Bonchev–Trinajstić information content (AvgIpc) is 2.24. The van der Waals surface area contributed by atoms with Crippen molar-refractivity contribution in [3.8, 4) is 0 Å². The number of nitrogens with one attached hydrogen (secondary N) is 1. The molecule has 1 rings (SSSR count). The van der Waals surface area contributed by atoms with E-state index in [4.69, 9.17) is 5.73 Å². The Bertz CT molecular complexity index is 402. The Balaban J connectivity index is 2.73. The smallest absolute Gasteiger partial charge is 0.381 e. The van der Waals surface area contributed by atoms with Gasteiger partial charge in [0, 0.05) is 23.2 Å².